The topological polar surface area (TPSA) is 103 Å². The molecule has 2 heterocycles. The van der Waals surface area contributed by atoms with Crippen LogP contribution in [0.3, 0.4) is 0 Å². The number of anilines is 1. The molecule has 0 spiro atoms. The number of rotatable bonds is 7. The van der Waals surface area contributed by atoms with Crippen LogP contribution in [0, 0.1) is 6.92 Å². The minimum atomic E-state index is -0.321. The molecule has 3 aromatic rings. The zero-order chi connectivity index (χ0) is 18.6. The third kappa shape index (κ3) is 4.14. The minimum Gasteiger partial charge on any atom is -0.406 e. The molecule has 3 N–H and O–H groups in total. The number of aromatic nitrogens is 4. The van der Waals surface area contributed by atoms with E-state index in [9.17, 15) is 0 Å². The van der Waals surface area contributed by atoms with Crippen LogP contribution in [0.2, 0.25) is 0 Å². The van der Waals surface area contributed by atoms with Crippen LogP contribution in [0.4, 0.5) is 6.01 Å². The lowest BCUT2D eigenvalue weighted by molar-refractivity contribution is 0.457. The second-order valence-electron chi connectivity index (χ2n) is 6.92. The molecule has 0 bridgehead atoms. The van der Waals surface area contributed by atoms with E-state index in [-0.39, 0.29) is 6.04 Å². The molecule has 0 amide bonds. The molecule has 1 aliphatic rings. The minimum absolute atomic E-state index is 0.321. The van der Waals surface area contributed by atoms with Gasteiger partial charge in [0.2, 0.25) is 5.89 Å². The molecule has 0 aliphatic heterocycles. The summed E-state index contributed by atoms with van der Waals surface area (Å²) >= 11 is 0. The summed E-state index contributed by atoms with van der Waals surface area (Å²) in [5, 5.41) is 11.2. The van der Waals surface area contributed by atoms with Gasteiger partial charge in [-0.05, 0) is 43.7 Å². The van der Waals surface area contributed by atoms with Gasteiger partial charge in [-0.25, -0.2) is 9.97 Å². The molecule has 0 radical (unpaired) electrons. The van der Waals surface area contributed by atoms with Crippen molar-refractivity contribution in [3.05, 3.63) is 64.6 Å². The molecule has 7 nitrogen and oxygen atoms in total. The number of benzene rings is 1. The van der Waals surface area contributed by atoms with Gasteiger partial charge in [0.25, 0.3) is 0 Å². The van der Waals surface area contributed by atoms with Crippen molar-refractivity contribution in [3.63, 3.8) is 0 Å². The van der Waals surface area contributed by atoms with Crippen LogP contribution in [0.15, 0.2) is 34.7 Å². The van der Waals surface area contributed by atoms with E-state index in [0.29, 0.717) is 31.3 Å². The van der Waals surface area contributed by atoms with Crippen molar-refractivity contribution >= 4 is 6.01 Å². The third-order valence-corrected chi connectivity index (χ3v) is 4.87. The first-order chi connectivity index (χ1) is 13.2. The number of nitrogens with one attached hydrogen (secondary N) is 1. The molecule has 1 atom stereocenters. The summed E-state index contributed by atoms with van der Waals surface area (Å²) in [6.07, 6.45) is 4.71. The van der Waals surface area contributed by atoms with E-state index in [0.717, 1.165) is 29.9 Å². The molecule has 7 heteroatoms. The summed E-state index contributed by atoms with van der Waals surface area (Å²) in [6, 6.07) is 10.1. The molecule has 1 aromatic carbocycles. The first-order valence-corrected chi connectivity index (χ1v) is 9.41. The first-order valence-electron chi connectivity index (χ1n) is 9.41. The van der Waals surface area contributed by atoms with E-state index in [1.807, 2.05) is 30.3 Å². The van der Waals surface area contributed by atoms with E-state index >= 15 is 0 Å². The number of aryl methyl sites for hydroxylation is 2. The number of fused-ring (bicyclic) bond motifs is 1. The smallest absolute Gasteiger partial charge is 0.315 e. The predicted molar refractivity (Wildman–Crippen MR) is 102 cm³/mol. The monoisotopic (exact) mass is 364 g/mol. The van der Waals surface area contributed by atoms with E-state index in [2.05, 4.69) is 32.4 Å². The Morgan fingerprint density at radius 1 is 1.15 bits per heavy atom. The zero-order valence-corrected chi connectivity index (χ0v) is 15.5. The lowest BCUT2D eigenvalue weighted by Gasteiger charge is -2.07. The van der Waals surface area contributed by atoms with E-state index in [1.54, 1.807) is 0 Å². The number of hydrogen-bond acceptors (Lipinski definition) is 7. The number of hydrogen-bond donors (Lipinski definition) is 2. The average Bonchev–Trinajstić information content (AvgIpc) is 3.32. The Morgan fingerprint density at radius 3 is 2.85 bits per heavy atom. The Labute approximate surface area is 158 Å². The summed E-state index contributed by atoms with van der Waals surface area (Å²) in [6.45, 7) is 2.70. The fourth-order valence-electron chi connectivity index (χ4n) is 3.49. The van der Waals surface area contributed by atoms with Crippen molar-refractivity contribution in [1.29, 1.82) is 0 Å². The van der Waals surface area contributed by atoms with Gasteiger partial charge in [0, 0.05) is 24.4 Å². The van der Waals surface area contributed by atoms with Gasteiger partial charge in [-0.15, -0.1) is 5.10 Å². The molecule has 0 saturated carbocycles. The Kier molecular flexibility index (Phi) is 5.11. The van der Waals surface area contributed by atoms with Crippen LogP contribution in [0.1, 0.15) is 46.7 Å². The SMILES string of the molecule is Cc1nc(CCNc2nnc([C@H](N)Cc3ccccc3)o2)nc2c1CCC2. The Balaban J connectivity index is 1.31. The van der Waals surface area contributed by atoms with E-state index in [4.69, 9.17) is 10.2 Å². The normalized spacial score (nSPS) is 14.1. The summed E-state index contributed by atoms with van der Waals surface area (Å²) in [4.78, 5) is 9.31. The lowest BCUT2D eigenvalue weighted by Crippen LogP contribution is -2.13. The highest BCUT2D eigenvalue weighted by atomic mass is 16.4. The van der Waals surface area contributed by atoms with E-state index < -0.39 is 0 Å². The molecule has 0 unspecified atom stereocenters. The molecule has 27 heavy (non-hydrogen) atoms. The molecule has 2 aromatic heterocycles. The zero-order valence-electron chi connectivity index (χ0n) is 15.5. The average molecular weight is 364 g/mol. The molecule has 0 saturated heterocycles. The van der Waals surface area contributed by atoms with Gasteiger partial charge in [-0.1, -0.05) is 35.4 Å². The molecule has 1 aliphatic carbocycles. The Morgan fingerprint density at radius 2 is 2.00 bits per heavy atom. The van der Waals surface area contributed by atoms with Crippen LogP contribution in [0.25, 0.3) is 0 Å². The fraction of sp³-hybridized carbons (Fsp3) is 0.400. The van der Waals surface area contributed by atoms with Gasteiger partial charge in [-0.3, -0.25) is 0 Å². The highest BCUT2D eigenvalue weighted by Gasteiger charge is 2.17. The van der Waals surface area contributed by atoms with Crippen LogP contribution in [-0.2, 0) is 25.7 Å². The molecule has 4 rings (SSSR count). The van der Waals surface area contributed by atoms with Crippen molar-refractivity contribution in [1.82, 2.24) is 20.2 Å². The molecule has 0 fully saturated rings. The molecular formula is C20H24N6O. The predicted octanol–water partition coefficient (Wildman–Crippen LogP) is 2.55. The van der Waals surface area contributed by atoms with Crippen LogP contribution in [0.5, 0.6) is 0 Å². The van der Waals surface area contributed by atoms with E-state index in [1.165, 1.54) is 17.7 Å². The Bertz CT molecular complexity index is 908. The van der Waals surface area contributed by atoms with Gasteiger partial charge in [0.05, 0.1) is 6.04 Å². The summed E-state index contributed by atoms with van der Waals surface area (Å²) < 4.78 is 5.65. The largest absolute Gasteiger partial charge is 0.406 e. The first kappa shape index (κ1) is 17.6. The van der Waals surface area contributed by atoms with Crippen LogP contribution < -0.4 is 11.1 Å². The summed E-state index contributed by atoms with van der Waals surface area (Å²) in [7, 11) is 0. The third-order valence-electron chi connectivity index (χ3n) is 4.87. The van der Waals surface area contributed by atoms with Crippen molar-refractivity contribution in [2.75, 3.05) is 11.9 Å². The van der Waals surface area contributed by atoms with Crippen molar-refractivity contribution < 1.29 is 4.42 Å². The van der Waals surface area contributed by atoms with Gasteiger partial charge in [-0.2, -0.15) is 0 Å². The van der Waals surface area contributed by atoms with Crippen molar-refractivity contribution in [3.8, 4) is 0 Å². The highest BCUT2D eigenvalue weighted by Crippen LogP contribution is 2.22. The lowest BCUT2D eigenvalue weighted by atomic mass is 10.1. The van der Waals surface area contributed by atoms with Gasteiger partial charge in [0.15, 0.2) is 0 Å². The van der Waals surface area contributed by atoms with Gasteiger partial charge >= 0.3 is 6.01 Å². The molecular weight excluding hydrogens is 340 g/mol. The second kappa shape index (κ2) is 7.84. The number of nitrogens with zero attached hydrogens (tertiary/aromatic N) is 4. The van der Waals surface area contributed by atoms with Crippen LogP contribution >= 0.6 is 0 Å². The van der Waals surface area contributed by atoms with Crippen molar-refractivity contribution in [2.24, 2.45) is 5.73 Å². The summed E-state index contributed by atoms with van der Waals surface area (Å²) in [5.74, 6) is 1.30. The standard InChI is InChI=1S/C20H24N6O/c1-13-15-8-5-9-17(15)24-18(23-13)10-11-22-20-26-25-19(27-20)16(21)12-14-6-3-2-4-7-14/h2-4,6-7,16H,5,8-12,21H2,1H3,(H,22,26)/t16-/m1/s1. The second-order valence-corrected chi connectivity index (χ2v) is 6.92. The maximum Gasteiger partial charge on any atom is 0.315 e. The maximum atomic E-state index is 6.18. The number of nitrogens with two attached hydrogens (primary N) is 1. The summed E-state index contributed by atoms with van der Waals surface area (Å²) in [5.41, 5.74) is 11.0. The quantitative estimate of drug-likeness (QED) is 0.664. The van der Waals surface area contributed by atoms with Gasteiger partial charge < -0.3 is 15.5 Å². The van der Waals surface area contributed by atoms with Gasteiger partial charge in [0.1, 0.15) is 5.82 Å². The van der Waals surface area contributed by atoms with Crippen molar-refractivity contribution in [2.45, 2.75) is 45.1 Å². The maximum absolute atomic E-state index is 6.18. The van der Waals surface area contributed by atoms with Crippen LogP contribution in [-0.4, -0.2) is 26.7 Å². The fourth-order valence-corrected chi connectivity index (χ4v) is 3.49. The molecule has 140 valence electrons. The highest BCUT2D eigenvalue weighted by molar-refractivity contribution is 5.29. The Hall–Kier alpha value is -2.80.